The second-order valence-corrected chi connectivity index (χ2v) is 6.89. The van der Waals surface area contributed by atoms with Crippen molar-refractivity contribution in [3.8, 4) is 11.5 Å². The molecule has 2 aromatic rings. The van der Waals surface area contributed by atoms with Gasteiger partial charge in [0.2, 0.25) is 0 Å². The van der Waals surface area contributed by atoms with Gasteiger partial charge >= 0.3 is 0 Å². The van der Waals surface area contributed by atoms with Crippen LogP contribution in [0, 0.1) is 0 Å². The monoisotopic (exact) mass is 386 g/mol. The van der Waals surface area contributed by atoms with Gasteiger partial charge in [-0.15, -0.1) is 0 Å². The third kappa shape index (κ3) is 5.34. The molecule has 144 valence electrons. The van der Waals surface area contributed by atoms with Crippen molar-refractivity contribution in [1.82, 2.24) is 4.90 Å². The molecule has 1 heterocycles. The molecular weight excluding hydrogens is 360 g/mol. The van der Waals surface area contributed by atoms with E-state index in [1.807, 2.05) is 48.5 Å². The molecule has 1 saturated heterocycles. The number of thiocarbonyl (C=S) groups is 1. The summed E-state index contributed by atoms with van der Waals surface area (Å²) in [6.07, 6.45) is 2.38. The molecule has 1 N–H and O–H groups in total. The molecular formula is C21H26N2O3S. The minimum atomic E-state index is 0.209. The topological polar surface area (TPSA) is 43.0 Å². The number of ether oxygens (including phenoxy) is 3. The lowest BCUT2D eigenvalue weighted by Gasteiger charge is -2.28. The Labute approximate surface area is 166 Å². The molecule has 1 aliphatic rings. The first kappa shape index (κ1) is 19.5. The number of nitrogens with one attached hydrogen (secondary N) is 1. The summed E-state index contributed by atoms with van der Waals surface area (Å²) in [5.41, 5.74) is 2.08. The van der Waals surface area contributed by atoms with E-state index >= 15 is 0 Å². The van der Waals surface area contributed by atoms with Crippen LogP contribution in [0.2, 0.25) is 0 Å². The normalized spacial score (nSPS) is 16.0. The zero-order chi connectivity index (χ0) is 19.1. The Morgan fingerprint density at radius 1 is 1.15 bits per heavy atom. The van der Waals surface area contributed by atoms with Crippen LogP contribution in [-0.4, -0.2) is 43.5 Å². The number of para-hydroxylation sites is 1. The van der Waals surface area contributed by atoms with Gasteiger partial charge in [-0.25, -0.2) is 0 Å². The zero-order valence-electron chi connectivity index (χ0n) is 15.8. The molecule has 0 aliphatic carbocycles. The first-order chi connectivity index (χ1) is 13.2. The highest BCUT2D eigenvalue weighted by Crippen LogP contribution is 2.28. The number of anilines is 1. The fourth-order valence-corrected chi connectivity index (χ4v) is 3.43. The summed E-state index contributed by atoms with van der Waals surface area (Å²) < 4.78 is 16.6. The molecule has 6 heteroatoms. The van der Waals surface area contributed by atoms with Gasteiger partial charge in [-0.05, 0) is 54.9 Å². The van der Waals surface area contributed by atoms with Crippen LogP contribution in [0.4, 0.5) is 5.69 Å². The summed E-state index contributed by atoms with van der Waals surface area (Å²) in [4.78, 5) is 2.15. The van der Waals surface area contributed by atoms with Crippen LogP contribution in [0.5, 0.6) is 11.5 Å². The van der Waals surface area contributed by atoms with Gasteiger partial charge in [-0.2, -0.15) is 0 Å². The number of hydrogen-bond acceptors (Lipinski definition) is 4. The van der Waals surface area contributed by atoms with E-state index in [2.05, 4.69) is 10.2 Å². The van der Waals surface area contributed by atoms with Gasteiger partial charge in [0.1, 0.15) is 0 Å². The zero-order valence-corrected chi connectivity index (χ0v) is 16.6. The molecule has 0 radical (unpaired) electrons. The van der Waals surface area contributed by atoms with Gasteiger partial charge in [0.25, 0.3) is 0 Å². The molecule has 0 aromatic heterocycles. The SMILES string of the molecule is COc1ccc(CN(CC2CCCO2)C(=S)Nc2ccccc2)cc1OC. The van der Waals surface area contributed by atoms with Crippen molar-refractivity contribution < 1.29 is 14.2 Å². The van der Waals surface area contributed by atoms with E-state index in [0.29, 0.717) is 17.4 Å². The Morgan fingerprint density at radius 2 is 1.93 bits per heavy atom. The van der Waals surface area contributed by atoms with Crippen LogP contribution in [-0.2, 0) is 11.3 Å². The fraction of sp³-hybridized carbons (Fsp3) is 0.381. The van der Waals surface area contributed by atoms with Gasteiger partial charge in [0.15, 0.2) is 16.6 Å². The highest BCUT2D eigenvalue weighted by atomic mass is 32.1. The lowest BCUT2D eigenvalue weighted by Crippen LogP contribution is -2.39. The van der Waals surface area contributed by atoms with Crippen LogP contribution in [0.15, 0.2) is 48.5 Å². The molecule has 1 atom stereocenters. The summed E-state index contributed by atoms with van der Waals surface area (Å²) in [6, 6.07) is 15.9. The molecule has 0 spiro atoms. The maximum atomic E-state index is 5.83. The van der Waals surface area contributed by atoms with Crippen molar-refractivity contribution in [3.63, 3.8) is 0 Å². The highest BCUT2D eigenvalue weighted by Gasteiger charge is 2.21. The second kappa shape index (κ2) is 9.58. The number of rotatable bonds is 7. The lowest BCUT2D eigenvalue weighted by atomic mass is 10.1. The molecule has 0 saturated carbocycles. The van der Waals surface area contributed by atoms with Crippen LogP contribution in [0.3, 0.4) is 0 Å². The van der Waals surface area contributed by atoms with E-state index in [4.69, 9.17) is 26.4 Å². The Hall–Kier alpha value is -2.31. The van der Waals surface area contributed by atoms with E-state index in [1.165, 1.54) is 0 Å². The standard InChI is InChI=1S/C21H26N2O3S/c1-24-19-11-10-16(13-20(19)25-2)14-23(15-18-9-6-12-26-18)21(27)22-17-7-4-3-5-8-17/h3-5,7-8,10-11,13,18H,6,9,12,14-15H2,1-2H3,(H,22,27). The third-order valence-electron chi connectivity index (χ3n) is 4.58. The molecule has 27 heavy (non-hydrogen) atoms. The summed E-state index contributed by atoms with van der Waals surface area (Å²) in [5.74, 6) is 1.44. The van der Waals surface area contributed by atoms with Crippen molar-refractivity contribution in [2.45, 2.75) is 25.5 Å². The number of benzene rings is 2. The molecule has 0 amide bonds. The van der Waals surface area contributed by atoms with E-state index < -0.39 is 0 Å². The third-order valence-corrected chi connectivity index (χ3v) is 4.94. The molecule has 3 rings (SSSR count). The van der Waals surface area contributed by atoms with Crippen molar-refractivity contribution >= 4 is 23.0 Å². The fourth-order valence-electron chi connectivity index (χ4n) is 3.18. The maximum absolute atomic E-state index is 5.83. The Morgan fingerprint density at radius 3 is 2.59 bits per heavy atom. The lowest BCUT2D eigenvalue weighted by molar-refractivity contribution is 0.0905. The first-order valence-electron chi connectivity index (χ1n) is 9.13. The van der Waals surface area contributed by atoms with Gasteiger partial charge in [-0.3, -0.25) is 0 Å². The molecule has 1 fully saturated rings. The minimum Gasteiger partial charge on any atom is -0.493 e. The summed E-state index contributed by atoms with van der Waals surface area (Å²) in [6.45, 7) is 2.25. The average Bonchev–Trinajstić information content (AvgIpc) is 3.21. The maximum Gasteiger partial charge on any atom is 0.173 e. The van der Waals surface area contributed by atoms with E-state index in [-0.39, 0.29) is 6.10 Å². The van der Waals surface area contributed by atoms with Crippen LogP contribution in [0.1, 0.15) is 18.4 Å². The van der Waals surface area contributed by atoms with Crippen molar-refractivity contribution in [1.29, 1.82) is 0 Å². The minimum absolute atomic E-state index is 0.209. The molecule has 2 aromatic carbocycles. The van der Waals surface area contributed by atoms with Gasteiger partial charge in [-0.1, -0.05) is 24.3 Å². The van der Waals surface area contributed by atoms with Crippen molar-refractivity contribution in [3.05, 3.63) is 54.1 Å². The first-order valence-corrected chi connectivity index (χ1v) is 9.54. The van der Waals surface area contributed by atoms with E-state index in [1.54, 1.807) is 14.2 Å². The van der Waals surface area contributed by atoms with Gasteiger partial charge < -0.3 is 24.4 Å². The van der Waals surface area contributed by atoms with Crippen LogP contribution in [0.25, 0.3) is 0 Å². The van der Waals surface area contributed by atoms with Gasteiger partial charge in [0.05, 0.1) is 20.3 Å². The molecule has 5 nitrogen and oxygen atoms in total. The molecule has 1 aliphatic heterocycles. The largest absolute Gasteiger partial charge is 0.493 e. The second-order valence-electron chi connectivity index (χ2n) is 6.50. The Bertz CT molecular complexity index is 748. The molecule has 0 bridgehead atoms. The Kier molecular flexibility index (Phi) is 6.90. The number of methoxy groups -OCH3 is 2. The van der Waals surface area contributed by atoms with Crippen LogP contribution >= 0.6 is 12.2 Å². The predicted molar refractivity (Wildman–Crippen MR) is 112 cm³/mol. The van der Waals surface area contributed by atoms with Crippen molar-refractivity contribution in [2.75, 3.05) is 32.7 Å². The van der Waals surface area contributed by atoms with Crippen LogP contribution < -0.4 is 14.8 Å². The number of hydrogen-bond donors (Lipinski definition) is 1. The summed E-state index contributed by atoms with van der Waals surface area (Å²) in [5, 5.41) is 4.02. The van der Waals surface area contributed by atoms with E-state index in [9.17, 15) is 0 Å². The predicted octanol–water partition coefficient (Wildman–Crippen LogP) is 4.08. The number of nitrogens with zero attached hydrogens (tertiary/aromatic N) is 1. The summed E-state index contributed by atoms with van der Waals surface area (Å²) in [7, 11) is 3.29. The average molecular weight is 387 g/mol. The van der Waals surface area contributed by atoms with Gasteiger partial charge in [0, 0.05) is 25.4 Å². The molecule has 1 unspecified atom stereocenters. The Balaban J connectivity index is 1.75. The smallest absolute Gasteiger partial charge is 0.173 e. The van der Waals surface area contributed by atoms with E-state index in [0.717, 1.165) is 43.0 Å². The highest BCUT2D eigenvalue weighted by molar-refractivity contribution is 7.80. The van der Waals surface area contributed by atoms with Crippen molar-refractivity contribution in [2.24, 2.45) is 0 Å². The quantitative estimate of drug-likeness (QED) is 0.723. The summed E-state index contributed by atoms with van der Waals surface area (Å²) >= 11 is 5.70.